The Morgan fingerprint density at radius 2 is 0.845 bits per heavy atom. The summed E-state index contributed by atoms with van der Waals surface area (Å²) in [7, 11) is 1.58. The average Bonchev–Trinajstić information content (AvgIpc) is 1.68. The first-order valence-electron chi connectivity index (χ1n) is 39.6. The number of methoxy groups -OCH3 is 1. The number of nitrogens with one attached hydrogen (secondary N) is 12. The first-order chi connectivity index (χ1) is 63.0. The van der Waals surface area contributed by atoms with Crippen LogP contribution in [0.15, 0.2) is 227 Å². The van der Waals surface area contributed by atoms with Gasteiger partial charge in [0.05, 0.1) is 111 Å². The molecule has 0 radical (unpaired) electrons. The van der Waals surface area contributed by atoms with Crippen molar-refractivity contribution in [3.8, 4) is 34.5 Å². The van der Waals surface area contributed by atoms with Crippen LogP contribution in [0.4, 0.5) is 101 Å². The number of fused-ring (bicyclic) bond motifs is 9. The number of H-pyrrole nitrogens is 4. The Kier molecular flexibility index (Phi) is 22.2. The molecule has 634 valence electrons. The van der Waals surface area contributed by atoms with E-state index in [4.69, 9.17) is 24.1 Å². The minimum atomic E-state index is -0.703. The first kappa shape index (κ1) is 81.3. The van der Waals surface area contributed by atoms with Gasteiger partial charge in [0, 0.05) is 79.4 Å². The fraction of sp³-hybridized carbons (Fsp3) is 0.0787. The summed E-state index contributed by atoms with van der Waals surface area (Å²) in [6.45, 7) is 8.17. The molecule has 40 heteroatoms. The molecule has 0 aliphatic heterocycles. The minimum absolute atomic E-state index is 0.109. The number of benzene rings is 7. The summed E-state index contributed by atoms with van der Waals surface area (Å²) in [4.78, 5) is 60.4. The molecule has 0 spiro atoms. The van der Waals surface area contributed by atoms with Gasteiger partial charge in [-0.3, -0.25) is 41.7 Å². The Balaban J connectivity index is 0.000000108. The molecule has 0 bridgehead atoms. The third-order valence-electron chi connectivity index (χ3n) is 19.8. The van der Waals surface area contributed by atoms with Crippen molar-refractivity contribution < 1.29 is 17.9 Å². The smallest absolute Gasteiger partial charge is 0.302 e. The molecule has 0 unspecified atom stereocenters. The second-order valence-corrected chi connectivity index (χ2v) is 35.3. The van der Waals surface area contributed by atoms with Crippen LogP contribution in [0, 0.1) is 23.0 Å². The normalized spacial score (nSPS) is 11.4. The number of anilines is 16. The van der Waals surface area contributed by atoms with Gasteiger partial charge in [0.15, 0.2) is 39.4 Å². The van der Waals surface area contributed by atoms with Gasteiger partial charge in [-0.1, -0.05) is 111 Å². The van der Waals surface area contributed by atoms with E-state index in [-0.39, 0.29) is 10.9 Å². The summed E-state index contributed by atoms with van der Waals surface area (Å²) in [5.41, 5.74) is 14.9. The van der Waals surface area contributed by atoms with E-state index >= 15 is 0 Å². The van der Waals surface area contributed by atoms with Crippen LogP contribution < -0.4 is 47.3 Å². The molecule has 12 N–H and O–H groups in total. The van der Waals surface area contributed by atoms with E-state index in [0.29, 0.717) is 84.7 Å². The molecule has 16 heterocycles. The lowest BCUT2D eigenvalue weighted by molar-refractivity contribution is 0.398. The van der Waals surface area contributed by atoms with Gasteiger partial charge in [0.25, 0.3) is 0 Å². The van der Waals surface area contributed by atoms with Gasteiger partial charge in [0.2, 0.25) is 35.6 Å². The maximum absolute atomic E-state index is 14.0. The quantitative estimate of drug-likeness (QED) is 0.0337. The summed E-state index contributed by atoms with van der Waals surface area (Å²) >= 11 is 8.70. The predicted molar refractivity (Wildman–Crippen MR) is 511 cm³/mol. The van der Waals surface area contributed by atoms with Crippen molar-refractivity contribution in [3.63, 3.8) is 0 Å². The molecular formula is C89H66F2N30O2S6. The van der Waals surface area contributed by atoms with Crippen molar-refractivity contribution >= 4 is 255 Å². The summed E-state index contributed by atoms with van der Waals surface area (Å²) < 4.78 is 43.0. The lowest BCUT2D eigenvalue weighted by Gasteiger charge is -2.15. The standard InChI is InChI=1S/C24H18N8OS.C24H19N7OS.C21H18N8S2.C20H11F2N7S2/c1-33-20-12-19(14-5-3-2-4-6-14)28-23(29-20)31-24-27-18-9-10-34-21(18)22(30-24)26-16-7-8-17-15(11-16)13-25-32-17;1-2-19-20(14-6-4-3-5-7-14)28-24(32-19)30-23-27-18-10-11-33-21(18)22(29-23)26-16-8-9-17-15(12-16)13-25-31-17;1-21(2,3)17-15(9-22)31-20(26-17)28-19-25-14-6-7-30-16(14)18(27-19)24-12-4-5-13-11(8-12)10-23-29-13;21-10-6-12(22)16-15(7-10)31-20(26-16)28-19-25-14-3-4-30-17(14)18(27-19)24-11-1-2-13-9(5-11)8-23-29-13/h2-13H,1H3,(H,25,32)(H2,26,27,28,29,30,31);3-13H,2H2,1H3,(H,25,31)(H2,26,27,28,29,30);4-8,10H,1-3H3,(H,23,29)(H2,24,25,26,27,28);1-8H,(H,23,29)(H2,24,25,26,27,28). The Morgan fingerprint density at radius 1 is 0.426 bits per heavy atom. The number of ether oxygens (including phenoxy) is 1. The lowest BCUT2D eigenvalue weighted by atomic mass is 9.91. The lowest BCUT2D eigenvalue weighted by Crippen LogP contribution is -2.13. The van der Waals surface area contributed by atoms with Crippen LogP contribution >= 0.6 is 68.0 Å². The summed E-state index contributed by atoms with van der Waals surface area (Å²) in [6.07, 6.45) is 7.86. The Bertz CT molecular complexity index is 8100. The van der Waals surface area contributed by atoms with Crippen molar-refractivity contribution in [1.29, 1.82) is 5.26 Å². The SMILES string of the molecule is CC(C)(C)c1nc(Nc2nc(Nc3ccc4[nH]ncc4c3)c3sccc3n2)sc1C#N.CCc1oc(Nc2nc(Nc3ccc4[nH]ncc4c3)c3sccc3n2)nc1-c1ccccc1.COc1cc(-c2ccccc2)nc(Nc2nc(Nc3ccc4[nH]ncc4c3)c3sccc3n2)n1.Fc1cc(F)c2nc(Nc3nc(Nc4ccc5[nH]ncc5c4)c4sccc4n3)sc2c1. The average molecular weight is 1820 g/mol. The number of hydrogen-bond donors (Lipinski definition) is 12. The summed E-state index contributed by atoms with van der Waals surface area (Å²) in [6, 6.07) is 57.9. The molecule has 23 rings (SSSR count). The highest BCUT2D eigenvalue weighted by Gasteiger charge is 2.26. The van der Waals surface area contributed by atoms with E-state index in [9.17, 15) is 14.0 Å². The number of halogens is 2. The van der Waals surface area contributed by atoms with E-state index in [0.717, 1.165) is 165 Å². The number of aromatic amines is 4. The zero-order valence-corrected chi connectivity index (χ0v) is 73.0. The van der Waals surface area contributed by atoms with E-state index in [1.54, 1.807) is 72.0 Å². The number of thiazole rings is 2. The van der Waals surface area contributed by atoms with E-state index < -0.39 is 11.6 Å². The molecule has 32 nitrogen and oxygen atoms in total. The number of aromatic nitrogens is 21. The second kappa shape index (κ2) is 35.2. The zero-order valence-electron chi connectivity index (χ0n) is 68.1. The van der Waals surface area contributed by atoms with Gasteiger partial charge in [-0.05, 0) is 125 Å². The molecule has 0 amide bonds. The van der Waals surface area contributed by atoms with E-state index in [2.05, 4.69) is 139 Å². The van der Waals surface area contributed by atoms with E-state index in [1.165, 1.54) is 28.7 Å². The maximum Gasteiger partial charge on any atom is 0.302 e. The van der Waals surface area contributed by atoms with Crippen LogP contribution in [0.5, 0.6) is 5.88 Å². The predicted octanol–water partition coefficient (Wildman–Crippen LogP) is 23.4. The highest BCUT2D eigenvalue weighted by molar-refractivity contribution is 7.22. The molecule has 0 aliphatic rings. The third kappa shape index (κ3) is 17.8. The van der Waals surface area contributed by atoms with Gasteiger partial charge in [-0.2, -0.15) is 55.6 Å². The number of oxazole rings is 1. The monoisotopic (exact) mass is 1820 g/mol. The van der Waals surface area contributed by atoms with Crippen molar-refractivity contribution in [2.24, 2.45) is 0 Å². The molecule has 129 heavy (non-hydrogen) atoms. The molecule has 0 atom stereocenters. The summed E-state index contributed by atoms with van der Waals surface area (Å²) in [5.74, 6) is 4.52. The van der Waals surface area contributed by atoms with Crippen LogP contribution in [-0.4, -0.2) is 113 Å². The number of hydrogen-bond acceptors (Lipinski definition) is 34. The summed E-state index contributed by atoms with van der Waals surface area (Å²) in [5, 5.41) is 76.6. The number of nitriles is 1. The fourth-order valence-corrected chi connectivity index (χ4v) is 18.8. The van der Waals surface area contributed by atoms with Gasteiger partial charge in [-0.15, -0.1) is 45.3 Å². The number of nitrogens with zero attached hydrogens (tertiary/aromatic N) is 18. The highest BCUT2D eigenvalue weighted by Crippen LogP contribution is 2.41. The first-order valence-corrected chi connectivity index (χ1v) is 44.8. The number of thiophene rings is 4. The third-order valence-corrected chi connectivity index (χ3v) is 25.2. The van der Waals surface area contributed by atoms with Crippen molar-refractivity contribution in [1.82, 2.24) is 106 Å². The van der Waals surface area contributed by atoms with Crippen LogP contribution in [0.2, 0.25) is 0 Å². The van der Waals surface area contributed by atoms with Crippen molar-refractivity contribution in [3.05, 3.63) is 250 Å². The molecule has 7 aromatic carbocycles. The van der Waals surface area contributed by atoms with Crippen LogP contribution in [-0.2, 0) is 11.8 Å². The zero-order chi connectivity index (χ0) is 87.6. The molecule has 0 saturated heterocycles. The highest BCUT2D eigenvalue weighted by atomic mass is 32.1. The van der Waals surface area contributed by atoms with Crippen molar-refractivity contribution in [2.45, 2.75) is 39.5 Å². The Labute approximate surface area is 752 Å². The molecule has 0 aliphatic carbocycles. The van der Waals surface area contributed by atoms with Gasteiger partial charge < -0.3 is 30.4 Å². The van der Waals surface area contributed by atoms with Crippen LogP contribution in [0.1, 0.15) is 44.0 Å². The topological polar surface area (TPSA) is 425 Å². The Hall–Kier alpha value is -16.1. The molecule has 23 aromatic rings. The number of aryl methyl sites for hydroxylation is 1. The van der Waals surface area contributed by atoms with Crippen LogP contribution in [0.3, 0.4) is 0 Å². The second-order valence-electron chi connectivity index (χ2n) is 29.6. The van der Waals surface area contributed by atoms with Gasteiger partial charge >= 0.3 is 6.01 Å². The van der Waals surface area contributed by atoms with Crippen LogP contribution in [0.25, 0.3) is 117 Å². The van der Waals surface area contributed by atoms with E-state index in [1.807, 2.05) is 207 Å². The maximum atomic E-state index is 14.0. The molecule has 0 saturated carbocycles. The van der Waals surface area contributed by atoms with Gasteiger partial charge in [-0.25, -0.2) is 43.7 Å². The molecule has 0 fully saturated rings. The van der Waals surface area contributed by atoms with Crippen molar-refractivity contribution in [2.75, 3.05) is 49.6 Å². The molecular weight excluding hydrogens is 1750 g/mol. The van der Waals surface area contributed by atoms with Gasteiger partial charge in [0.1, 0.15) is 33.7 Å². The number of rotatable bonds is 20. The molecule has 16 aromatic heterocycles. The Morgan fingerprint density at radius 3 is 1.26 bits per heavy atom. The largest absolute Gasteiger partial charge is 0.481 e. The minimum Gasteiger partial charge on any atom is -0.481 e. The fourth-order valence-electron chi connectivity index (χ4n) is 13.8.